The molecule has 0 heterocycles. The van der Waals surface area contributed by atoms with E-state index in [0.29, 0.717) is 6.42 Å². The first kappa shape index (κ1) is 11.9. The minimum absolute atomic E-state index is 0.222. The Morgan fingerprint density at radius 2 is 1.58 bits per heavy atom. The highest BCUT2D eigenvalue weighted by Crippen LogP contribution is 2.25. The zero-order chi connectivity index (χ0) is 9.78. The van der Waals surface area contributed by atoms with E-state index in [1.54, 1.807) is 6.92 Å². The summed E-state index contributed by atoms with van der Waals surface area (Å²) in [6.45, 7) is 7.69. The van der Waals surface area contributed by atoms with Gasteiger partial charge in [-0.2, -0.15) is 0 Å². The van der Waals surface area contributed by atoms with Crippen LogP contribution in [0.1, 0.15) is 47.0 Å². The maximum Gasteiger partial charge on any atom is 0.0877 e. The first-order valence-corrected chi connectivity index (χ1v) is 4.90. The van der Waals surface area contributed by atoms with Crippen molar-refractivity contribution in [3.8, 4) is 0 Å². The molecule has 0 amide bonds. The van der Waals surface area contributed by atoms with E-state index in [4.69, 9.17) is 0 Å². The van der Waals surface area contributed by atoms with Crippen LogP contribution in [0.4, 0.5) is 0 Å². The number of aliphatic hydroxyl groups excluding tert-OH is 1. The highest BCUT2D eigenvalue weighted by atomic mass is 16.3. The Morgan fingerprint density at radius 1 is 1.17 bits per heavy atom. The second-order valence-corrected chi connectivity index (χ2v) is 3.73. The minimum Gasteiger partial charge on any atom is -0.390 e. The second-order valence-electron chi connectivity index (χ2n) is 3.73. The van der Waals surface area contributed by atoms with E-state index in [-0.39, 0.29) is 5.92 Å². The smallest absolute Gasteiger partial charge is 0.0877 e. The lowest BCUT2D eigenvalue weighted by Gasteiger charge is -2.33. The van der Waals surface area contributed by atoms with Gasteiger partial charge >= 0.3 is 0 Å². The second kappa shape index (κ2) is 4.83. The van der Waals surface area contributed by atoms with E-state index in [9.17, 15) is 10.2 Å². The van der Waals surface area contributed by atoms with Gasteiger partial charge in [-0.05, 0) is 19.3 Å². The Morgan fingerprint density at radius 3 is 1.83 bits per heavy atom. The van der Waals surface area contributed by atoms with E-state index in [1.165, 1.54) is 0 Å². The van der Waals surface area contributed by atoms with Crippen molar-refractivity contribution >= 4 is 0 Å². The third-order valence-electron chi connectivity index (χ3n) is 2.85. The van der Waals surface area contributed by atoms with Crippen LogP contribution in [-0.2, 0) is 0 Å². The molecule has 2 atom stereocenters. The van der Waals surface area contributed by atoms with Crippen LogP contribution < -0.4 is 0 Å². The third kappa shape index (κ3) is 2.76. The zero-order valence-corrected chi connectivity index (χ0v) is 8.67. The van der Waals surface area contributed by atoms with Gasteiger partial charge in [-0.3, -0.25) is 0 Å². The van der Waals surface area contributed by atoms with Gasteiger partial charge in [0.25, 0.3) is 0 Å². The molecule has 0 aromatic carbocycles. The fraction of sp³-hybridized carbons (Fsp3) is 1.00. The van der Waals surface area contributed by atoms with Crippen molar-refractivity contribution < 1.29 is 10.2 Å². The van der Waals surface area contributed by atoms with Gasteiger partial charge < -0.3 is 10.2 Å². The van der Waals surface area contributed by atoms with Crippen molar-refractivity contribution in [2.75, 3.05) is 0 Å². The molecule has 0 bridgehead atoms. The number of hydrogen-bond donors (Lipinski definition) is 2. The fourth-order valence-electron chi connectivity index (χ4n) is 1.45. The maximum absolute atomic E-state index is 9.79. The molecule has 0 fully saturated rings. The average molecular weight is 174 g/mol. The van der Waals surface area contributed by atoms with Crippen LogP contribution in [0.2, 0.25) is 0 Å². The molecular weight excluding hydrogens is 152 g/mol. The van der Waals surface area contributed by atoms with Crippen LogP contribution in [-0.4, -0.2) is 21.9 Å². The highest BCUT2D eigenvalue weighted by Gasteiger charge is 2.32. The molecule has 2 unspecified atom stereocenters. The summed E-state index contributed by atoms with van der Waals surface area (Å²) in [6, 6.07) is 0. The SMILES string of the molecule is CCC(CC)C(O)C(C)(O)CC. The molecule has 0 saturated carbocycles. The molecule has 2 nitrogen and oxygen atoms in total. The molecule has 2 heteroatoms. The molecule has 0 radical (unpaired) electrons. The van der Waals surface area contributed by atoms with Gasteiger partial charge in [0.15, 0.2) is 0 Å². The minimum atomic E-state index is -0.920. The number of aliphatic hydroxyl groups is 2. The lowest BCUT2D eigenvalue weighted by molar-refractivity contribution is -0.0920. The van der Waals surface area contributed by atoms with Crippen LogP contribution in [0, 0.1) is 5.92 Å². The molecule has 0 aliphatic rings. The van der Waals surface area contributed by atoms with Crippen LogP contribution in [0.3, 0.4) is 0 Å². The van der Waals surface area contributed by atoms with Gasteiger partial charge in [0.1, 0.15) is 0 Å². The highest BCUT2D eigenvalue weighted by molar-refractivity contribution is 4.84. The van der Waals surface area contributed by atoms with Gasteiger partial charge in [-0.1, -0.05) is 33.6 Å². The molecular formula is C10H22O2. The number of rotatable bonds is 5. The normalized spacial score (nSPS) is 19.2. The molecule has 0 aliphatic heterocycles. The predicted molar refractivity (Wildman–Crippen MR) is 51.0 cm³/mol. The standard InChI is InChI=1S/C10H22O2/c1-5-8(6-2)9(11)10(4,12)7-3/h8-9,11-12H,5-7H2,1-4H3. The Balaban J connectivity index is 4.23. The summed E-state index contributed by atoms with van der Waals surface area (Å²) < 4.78 is 0. The van der Waals surface area contributed by atoms with E-state index >= 15 is 0 Å². The lowest BCUT2D eigenvalue weighted by atomic mass is 9.84. The van der Waals surface area contributed by atoms with Gasteiger partial charge in [0.05, 0.1) is 11.7 Å². The van der Waals surface area contributed by atoms with E-state index in [2.05, 4.69) is 0 Å². The zero-order valence-electron chi connectivity index (χ0n) is 8.67. The van der Waals surface area contributed by atoms with Crippen LogP contribution >= 0.6 is 0 Å². The molecule has 0 aromatic heterocycles. The third-order valence-corrected chi connectivity index (χ3v) is 2.85. The quantitative estimate of drug-likeness (QED) is 0.668. The van der Waals surface area contributed by atoms with Gasteiger partial charge in [-0.15, -0.1) is 0 Å². The van der Waals surface area contributed by atoms with E-state index < -0.39 is 11.7 Å². The summed E-state index contributed by atoms with van der Waals surface area (Å²) in [4.78, 5) is 0. The molecule has 0 saturated heterocycles. The Labute approximate surface area is 75.6 Å². The molecule has 0 spiro atoms. The Bertz CT molecular complexity index is 117. The largest absolute Gasteiger partial charge is 0.390 e. The van der Waals surface area contributed by atoms with Crippen molar-refractivity contribution in [2.45, 2.75) is 58.7 Å². The van der Waals surface area contributed by atoms with Crippen molar-refractivity contribution in [1.82, 2.24) is 0 Å². The predicted octanol–water partition coefficient (Wildman–Crippen LogP) is 1.94. The summed E-state index contributed by atoms with van der Waals surface area (Å²) in [7, 11) is 0. The van der Waals surface area contributed by atoms with Gasteiger partial charge in [-0.25, -0.2) is 0 Å². The molecule has 0 aromatic rings. The summed E-state index contributed by atoms with van der Waals surface area (Å²) in [5.41, 5.74) is -0.920. The number of hydrogen-bond acceptors (Lipinski definition) is 2. The summed E-state index contributed by atoms with van der Waals surface area (Å²) in [5, 5.41) is 19.6. The first-order valence-electron chi connectivity index (χ1n) is 4.90. The Kier molecular flexibility index (Phi) is 4.80. The monoisotopic (exact) mass is 174 g/mol. The fourth-order valence-corrected chi connectivity index (χ4v) is 1.45. The molecule has 74 valence electrons. The summed E-state index contributed by atoms with van der Waals surface area (Å²) >= 11 is 0. The van der Waals surface area contributed by atoms with Gasteiger partial charge in [0, 0.05) is 0 Å². The van der Waals surface area contributed by atoms with Gasteiger partial charge in [0.2, 0.25) is 0 Å². The first-order chi connectivity index (χ1) is 5.49. The molecule has 0 rings (SSSR count). The summed E-state index contributed by atoms with van der Waals surface area (Å²) in [6.07, 6.45) is 1.87. The van der Waals surface area contributed by atoms with E-state index in [1.807, 2.05) is 20.8 Å². The van der Waals surface area contributed by atoms with E-state index in [0.717, 1.165) is 12.8 Å². The van der Waals surface area contributed by atoms with Crippen LogP contribution in [0.25, 0.3) is 0 Å². The average Bonchev–Trinajstić information content (AvgIpc) is 2.06. The van der Waals surface area contributed by atoms with Crippen molar-refractivity contribution in [3.05, 3.63) is 0 Å². The van der Waals surface area contributed by atoms with Crippen molar-refractivity contribution in [3.63, 3.8) is 0 Å². The Hall–Kier alpha value is -0.0800. The molecule has 12 heavy (non-hydrogen) atoms. The van der Waals surface area contributed by atoms with Crippen LogP contribution in [0.5, 0.6) is 0 Å². The molecule has 0 aliphatic carbocycles. The van der Waals surface area contributed by atoms with Crippen LogP contribution in [0.15, 0.2) is 0 Å². The topological polar surface area (TPSA) is 40.5 Å². The molecule has 2 N–H and O–H groups in total. The maximum atomic E-state index is 9.79. The lowest BCUT2D eigenvalue weighted by Crippen LogP contribution is -2.43. The summed E-state index contributed by atoms with van der Waals surface area (Å²) in [5.74, 6) is 0.222. The van der Waals surface area contributed by atoms with Crippen molar-refractivity contribution in [2.24, 2.45) is 5.92 Å². The van der Waals surface area contributed by atoms with Crippen molar-refractivity contribution in [1.29, 1.82) is 0 Å².